The molecule has 2 amide bonds. The van der Waals surface area contributed by atoms with Crippen LogP contribution in [0, 0.1) is 12.0 Å². The van der Waals surface area contributed by atoms with Gasteiger partial charge in [-0.1, -0.05) is 27.2 Å². The minimum Gasteiger partial charge on any atom is -0.479 e. The van der Waals surface area contributed by atoms with Crippen LogP contribution in [0.5, 0.6) is 0 Å². The quantitative estimate of drug-likeness (QED) is 0.698. The van der Waals surface area contributed by atoms with Crippen LogP contribution in [0.2, 0.25) is 0 Å². The molecule has 0 spiro atoms. The number of carbonyl (C=O) groups is 3. The number of likely N-dealkylation sites (tertiary alicyclic amines) is 1. The number of nitrogens with one attached hydrogen (secondary N) is 1. The van der Waals surface area contributed by atoms with Crippen LogP contribution in [-0.2, 0) is 14.3 Å². The Bertz CT molecular complexity index is 411. The first-order valence-electron chi connectivity index (χ1n) is 7.53. The molecule has 1 rings (SSSR count). The standard InChI is InChI=1S/C15H24N2O5/c1-4-5-9-22-15(21)17-8-6-7-11(17)13(18)16-12(10(2)3)14(19)20/h11H,4-9H2,1-3H3,(H,16,18)(H,19,20). The smallest absolute Gasteiger partial charge is 0.410 e. The third-order valence-electron chi connectivity index (χ3n) is 3.48. The van der Waals surface area contributed by atoms with Crippen LogP contribution in [0.1, 0.15) is 46.5 Å². The van der Waals surface area contributed by atoms with Gasteiger partial charge in [-0.2, -0.15) is 0 Å². The SMILES string of the molecule is CCCCOC(=O)N1CCCC1C(=O)N[C]([C](C)C)C(=O)O. The molecule has 22 heavy (non-hydrogen) atoms. The molecule has 0 aromatic carbocycles. The van der Waals surface area contributed by atoms with E-state index in [0.717, 1.165) is 12.8 Å². The molecule has 0 bridgehead atoms. The van der Waals surface area contributed by atoms with Gasteiger partial charge in [0.25, 0.3) is 0 Å². The van der Waals surface area contributed by atoms with Gasteiger partial charge < -0.3 is 15.2 Å². The van der Waals surface area contributed by atoms with Crippen LogP contribution in [0.4, 0.5) is 4.79 Å². The molecular weight excluding hydrogens is 288 g/mol. The van der Waals surface area contributed by atoms with E-state index >= 15 is 0 Å². The summed E-state index contributed by atoms with van der Waals surface area (Å²) in [7, 11) is 0. The topological polar surface area (TPSA) is 95.9 Å². The molecular formula is C15H24N2O5. The lowest BCUT2D eigenvalue weighted by molar-refractivity contribution is -0.137. The molecule has 2 N–H and O–H groups in total. The van der Waals surface area contributed by atoms with Crippen LogP contribution >= 0.6 is 0 Å². The fourth-order valence-corrected chi connectivity index (χ4v) is 2.24. The third-order valence-corrected chi connectivity index (χ3v) is 3.48. The van der Waals surface area contributed by atoms with E-state index in [9.17, 15) is 14.4 Å². The lowest BCUT2D eigenvalue weighted by Gasteiger charge is -2.25. The average molecular weight is 312 g/mol. The Kier molecular flexibility index (Phi) is 7.14. The largest absolute Gasteiger partial charge is 0.479 e. The summed E-state index contributed by atoms with van der Waals surface area (Å²) in [5.74, 6) is -1.18. The predicted molar refractivity (Wildman–Crippen MR) is 79.6 cm³/mol. The van der Waals surface area contributed by atoms with Crippen molar-refractivity contribution in [3.8, 4) is 0 Å². The molecule has 1 saturated heterocycles. The third kappa shape index (κ3) is 4.89. The minimum absolute atomic E-state index is 0.142. The number of hydrogen-bond acceptors (Lipinski definition) is 4. The van der Waals surface area contributed by atoms with E-state index in [1.807, 2.05) is 6.92 Å². The van der Waals surface area contributed by atoms with Crippen LogP contribution < -0.4 is 5.32 Å². The molecule has 7 heteroatoms. The van der Waals surface area contributed by atoms with Crippen molar-refractivity contribution in [1.82, 2.24) is 10.2 Å². The van der Waals surface area contributed by atoms with Gasteiger partial charge in [-0.15, -0.1) is 0 Å². The van der Waals surface area contributed by atoms with Crippen molar-refractivity contribution >= 4 is 18.0 Å². The number of nitrogens with zero attached hydrogens (tertiary/aromatic N) is 1. The minimum atomic E-state index is -1.19. The van der Waals surface area contributed by atoms with E-state index in [1.54, 1.807) is 13.8 Å². The second-order valence-corrected chi connectivity index (χ2v) is 5.49. The normalized spacial score (nSPS) is 17.9. The Morgan fingerprint density at radius 1 is 1.32 bits per heavy atom. The summed E-state index contributed by atoms with van der Waals surface area (Å²) in [6, 6.07) is -0.820. The molecule has 1 fully saturated rings. The van der Waals surface area contributed by atoms with Gasteiger partial charge in [0.15, 0.2) is 6.04 Å². The zero-order valence-electron chi connectivity index (χ0n) is 13.3. The fraction of sp³-hybridized carbons (Fsp3) is 0.667. The molecule has 1 aliphatic rings. The zero-order valence-corrected chi connectivity index (χ0v) is 13.3. The molecule has 0 saturated carbocycles. The summed E-state index contributed by atoms with van der Waals surface area (Å²) in [5.41, 5.74) is 0. The summed E-state index contributed by atoms with van der Waals surface area (Å²) in [4.78, 5) is 36.7. The van der Waals surface area contributed by atoms with Crippen molar-refractivity contribution in [3.05, 3.63) is 12.0 Å². The molecule has 1 aliphatic heterocycles. The second kappa shape index (κ2) is 8.60. The van der Waals surface area contributed by atoms with Crippen LogP contribution in [0.15, 0.2) is 0 Å². The number of aliphatic carboxylic acids is 1. The Hall–Kier alpha value is -1.79. The average Bonchev–Trinajstić information content (AvgIpc) is 2.93. The van der Waals surface area contributed by atoms with Crippen molar-refractivity contribution in [2.24, 2.45) is 0 Å². The van der Waals surface area contributed by atoms with Crippen molar-refractivity contribution in [2.45, 2.75) is 52.5 Å². The van der Waals surface area contributed by atoms with Gasteiger partial charge in [-0.05, 0) is 19.3 Å². The van der Waals surface area contributed by atoms with Crippen molar-refractivity contribution in [2.75, 3.05) is 13.2 Å². The van der Waals surface area contributed by atoms with Gasteiger partial charge >= 0.3 is 12.1 Å². The number of unbranched alkanes of at least 4 members (excludes halogenated alkanes) is 1. The maximum atomic E-state index is 12.3. The molecule has 7 nitrogen and oxygen atoms in total. The van der Waals surface area contributed by atoms with E-state index < -0.39 is 24.0 Å². The monoisotopic (exact) mass is 312 g/mol. The van der Waals surface area contributed by atoms with Gasteiger partial charge in [-0.25, -0.2) is 9.59 Å². The number of carboxylic acid groups (broad SMARTS) is 1. The van der Waals surface area contributed by atoms with E-state index in [1.165, 1.54) is 4.90 Å². The summed E-state index contributed by atoms with van der Waals surface area (Å²) >= 11 is 0. The Balaban J connectivity index is 2.63. The summed E-state index contributed by atoms with van der Waals surface area (Å²) < 4.78 is 5.13. The highest BCUT2D eigenvalue weighted by atomic mass is 16.6. The second-order valence-electron chi connectivity index (χ2n) is 5.49. The number of carbonyl (C=O) groups excluding carboxylic acids is 2. The maximum absolute atomic E-state index is 12.3. The number of rotatable bonds is 7. The molecule has 0 aromatic rings. The van der Waals surface area contributed by atoms with Gasteiger partial charge in [0.2, 0.25) is 5.91 Å². The van der Waals surface area contributed by atoms with Gasteiger partial charge in [0, 0.05) is 12.5 Å². The van der Waals surface area contributed by atoms with E-state index in [2.05, 4.69) is 5.32 Å². The zero-order chi connectivity index (χ0) is 16.7. The first kappa shape index (κ1) is 18.3. The maximum Gasteiger partial charge on any atom is 0.410 e. The van der Waals surface area contributed by atoms with E-state index in [4.69, 9.17) is 9.84 Å². The predicted octanol–water partition coefficient (Wildman–Crippen LogP) is 1.73. The molecule has 0 aliphatic carbocycles. The lowest BCUT2D eigenvalue weighted by Crippen LogP contribution is -2.49. The highest BCUT2D eigenvalue weighted by Crippen LogP contribution is 2.20. The molecule has 2 radical (unpaired) electrons. The van der Waals surface area contributed by atoms with Crippen LogP contribution in [0.25, 0.3) is 0 Å². The summed E-state index contributed by atoms with van der Waals surface area (Å²) in [5, 5.41) is 11.5. The molecule has 1 atom stereocenters. The fourth-order valence-electron chi connectivity index (χ4n) is 2.24. The first-order chi connectivity index (χ1) is 10.4. The number of ether oxygens (including phenoxy) is 1. The molecule has 124 valence electrons. The Labute approximate surface area is 131 Å². The van der Waals surface area contributed by atoms with Crippen molar-refractivity contribution in [1.29, 1.82) is 0 Å². The van der Waals surface area contributed by atoms with Gasteiger partial charge in [-0.3, -0.25) is 9.69 Å². The molecule has 1 heterocycles. The summed E-state index contributed by atoms with van der Waals surface area (Å²) in [6.45, 7) is 5.98. The van der Waals surface area contributed by atoms with E-state index in [-0.39, 0.29) is 6.04 Å². The highest BCUT2D eigenvalue weighted by Gasteiger charge is 2.37. The van der Waals surface area contributed by atoms with E-state index in [0.29, 0.717) is 31.9 Å². The van der Waals surface area contributed by atoms with Crippen LogP contribution in [0.3, 0.4) is 0 Å². The Morgan fingerprint density at radius 3 is 2.55 bits per heavy atom. The number of hydrogen-bond donors (Lipinski definition) is 2. The van der Waals surface area contributed by atoms with Crippen LogP contribution in [-0.4, -0.2) is 47.2 Å². The number of carboxylic acids is 1. The summed E-state index contributed by atoms with van der Waals surface area (Å²) in [6.07, 6.45) is 2.37. The Morgan fingerprint density at radius 2 is 2.00 bits per heavy atom. The lowest BCUT2D eigenvalue weighted by atomic mass is 10.0. The van der Waals surface area contributed by atoms with Gasteiger partial charge in [0.05, 0.1) is 6.61 Å². The first-order valence-corrected chi connectivity index (χ1v) is 7.53. The van der Waals surface area contributed by atoms with Crippen molar-refractivity contribution in [3.63, 3.8) is 0 Å². The van der Waals surface area contributed by atoms with Crippen molar-refractivity contribution < 1.29 is 24.2 Å². The van der Waals surface area contributed by atoms with Gasteiger partial charge in [0.1, 0.15) is 6.04 Å². The molecule has 0 aromatic heterocycles. The number of amides is 2. The highest BCUT2D eigenvalue weighted by molar-refractivity contribution is 5.95. The molecule has 1 unspecified atom stereocenters.